The molecule has 4 nitrogen and oxygen atoms in total. The Kier molecular flexibility index (Phi) is 4.10. The number of rotatable bonds is 3. The van der Waals surface area contributed by atoms with Crippen molar-refractivity contribution in [1.29, 1.82) is 0 Å². The topological polar surface area (TPSA) is 46.3 Å². The average molecular weight is 332 g/mol. The van der Waals surface area contributed by atoms with Gasteiger partial charge in [0, 0.05) is 18.2 Å². The normalized spacial score (nSPS) is 17.0. The van der Waals surface area contributed by atoms with Crippen LogP contribution >= 0.6 is 0 Å². The van der Waals surface area contributed by atoms with Crippen LogP contribution in [0.4, 0.5) is 0 Å². The second-order valence-corrected chi connectivity index (χ2v) is 6.46. The van der Waals surface area contributed by atoms with Crippen molar-refractivity contribution >= 4 is 5.91 Å². The minimum atomic E-state index is -0.0829. The molecule has 1 unspecified atom stereocenters. The van der Waals surface area contributed by atoms with Crippen LogP contribution in [0.1, 0.15) is 40.6 Å². The van der Waals surface area contributed by atoms with Crippen LogP contribution < -0.4 is 0 Å². The molecule has 25 heavy (non-hydrogen) atoms. The van der Waals surface area contributed by atoms with E-state index in [1.165, 1.54) is 11.1 Å². The molecule has 4 heteroatoms. The smallest absolute Gasteiger partial charge is 0.292 e. The highest BCUT2D eigenvalue weighted by Crippen LogP contribution is 2.35. The number of likely N-dealkylation sites (tertiary alicyclic amines) is 1. The molecule has 2 aromatic carbocycles. The molecule has 1 saturated heterocycles. The maximum absolute atomic E-state index is 13.0. The molecule has 1 aliphatic heterocycles. The Morgan fingerprint density at radius 1 is 1.12 bits per heavy atom. The van der Waals surface area contributed by atoms with Gasteiger partial charge in [0.2, 0.25) is 5.76 Å². The fourth-order valence-corrected chi connectivity index (χ4v) is 3.56. The third-order valence-corrected chi connectivity index (χ3v) is 4.85. The molecule has 0 bridgehead atoms. The van der Waals surface area contributed by atoms with Gasteiger partial charge in [-0.3, -0.25) is 4.79 Å². The minimum absolute atomic E-state index is 0.0829. The number of aryl methyl sites for hydroxylation is 1. The zero-order valence-electron chi connectivity index (χ0n) is 14.2. The molecule has 1 amide bonds. The quantitative estimate of drug-likeness (QED) is 0.702. The van der Waals surface area contributed by atoms with E-state index in [0.717, 1.165) is 24.9 Å². The standard InChI is InChI=1S/C21H20N2O2/c1-15-8-5-6-11-17(15)19-12-7-13-23(19)21(24)20-14-18(22-25-20)16-9-3-2-4-10-16/h2-6,8-11,14,19H,7,12-13H2,1H3. The van der Waals surface area contributed by atoms with E-state index in [2.05, 4.69) is 24.2 Å². The van der Waals surface area contributed by atoms with Crippen molar-refractivity contribution in [3.8, 4) is 11.3 Å². The molecular formula is C21H20N2O2. The summed E-state index contributed by atoms with van der Waals surface area (Å²) in [5, 5.41) is 4.07. The van der Waals surface area contributed by atoms with Gasteiger partial charge >= 0.3 is 0 Å². The molecule has 1 aliphatic rings. The van der Waals surface area contributed by atoms with E-state index in [0.29, 0.717) is 11.5 Å². The Balaban J connectivity index is 1.60. The molecule has 0 saturated carbocycles. The predicted molar refractivity (Wildman–Crippen MR) is 96.1 cm³/mol. The molecule has 0 spiro atoms. The fourth-order valence-electron chi connectivity index (χ4n) is 3.56. The lowest BCUT2D eigenvalue weighted by molar-refractivity contribution is 0.0693. The third-order valence-electron chi connectivity index (χ3n) is 4.85. The third kappa shape index (κ3) is 2.95. The van der Waals surface area contributed by atoms with Gasteiger partial charge in [-0.05, 0) is 30.9 Å². The van der Waals surface area contributed by atoms with Gasteiger partial charge < -0.3 is 9.42 Å². The Bertz CT molecular complexity index is 886. The van der Waals surface area contributed by atoms with Crippen molar-refractivity contribution in [2.45, 2.75) is 25.8 Å². The van der Waals surface area contributed by atoms with Crippen LogP contribution in [0.25, 0.3) is 11.3 Å². The molecule has 2 heterocycles. The largest absolute Gasteiger partial charge is 0.350 e. The zero-order chi connectivity index (χ0) is 17.2. The van der Waals surface area contributed by atoms with Gasteiger partial charge in [0.25, 0.3) is 5.91 Å². The van der Waals surface area contributed by atoms with Crippen molar-refractivity contribution in [2.24, 2.45) is 0 Å². The van der Waals surface area contributed by atoms with Crippen LogP contribution in [0, 0.1) is 6.92 Å². The molecular weight excluding hydrogens is 312 g/mol. The Morgan fingerprint density at radius 3 is 2.68 bits per heavy atom. The lowest BCUT2D eigenvalue weighted by atomic mass is 9.99. The van der Waals surface area contributed by atoms with Crippen LogP contribution in [0.5, 0.6) is 0 Å². The molecule has 0 N–H and O–H groups in total. The summed E-state index contributed by atoms with van der Waals surface area (Å²) in [6.07, 6.45) is 1.99. The highest BCUT2D eigenvalue weighted by atomic mass is 16.5. The first-order valence-electron chi connectivity index (χ1n) is 8.62. The molecule has 1 aromatic heterocycles. The number of amides is 1. The Hall–Kier alpha value is -2.88. The van der Waals surface area contributed by atoms with Crippen molar-refractivity contribution in [3.05, 3.63) is 77.6 Å². The van der Waals surface area contributed by atoms with Gasteiger partial charge in [0.05, 0.1) is 6.04 Å². The molecule has 1 atom stereocenters. The van der Waals surface area contributed by atoms with Crippen molar-refractivity contribution in [2.75, 3.05) is 6.54 Å². The first kappa shape index (κ1) is 15.6. The SMILES string of the molecule is Cc1ccccc1C1CCCN1C(=O)c1cc(-c2ccccc2)no1. The van der Waals surface area contributed by atoms with Gasteiger partial charge in [0.15, 0.2) is 0 Å². The number of benzene rings is 2. The monoisotopic (exact) mass is 332 g/mol. The van der Waals surface area contributed by atoms with E-state index in [-0.39, 0.29) is 11.9 Å². The van der Waals surface area contributed by atoms with Crippen LogP contribution in [0.15, 0.2) is 65.2 Å². The summed E-state index contributed by atoms with van der Waals surface area (Å²) in [6, 6.07) is 19.9. The summed E-state index contributed by atoms with van der Waals surface area (Å²) in [5.74, 6) is 0.222. The second-order valence-electron chi connectivity index (χ2n) is 6.46. The average Bonchev–Trinajstić information content (AvgIpc) is 3.32. The summed E-state index contributed by atoms with van der Waals surface area (Å²) in [6.45, 7) is 2.84. The summed E-state index contributed by atoms with van der Waals surface area (Å²) >= 11 is 0. The predicted octanol–water partition coefficient (Wildman–Crippen LogP) is 4.63. The summed E-state index contributed by atoms with van der Waals surface area (Å²) in [5.41, 5.74) is 4.07. The zero-order valence-corrected chi connectivity index (χ0v) is 14.2. The van der Waals surface area contributed by atoms with Crippen molar-refractivity contribution in [1.82, 2.24) is 10.1 Å². The van der Waals surface area contributed by atoms with E-state index in [9.17, 15) is 4.79 Å². The lowest BCUT2D eigenvalue weighted by Crippen LogP contribution is -2.30. The van der Waals surface area contributed by atoms with Gasteiger partial charge in [-0.2, -0.15) is 0 Å². The van der Waals surface area contributed by atoms with Crippen molar-refractivity contribution < 1.29 is 9.32 Å². The number of carbonyl (C=O) groups excluding carboxylic acids is 1. The maximum atomic E-state index is 13.0. The Labute approximate surface area is 147 Å². The molecule has 0 aliphatic carbocycles. The van der Waals surface area contributed by atoms with Crippen LogP contribution in [0.2, 0.25) is 0 Å². The minimum Gasteiger partial charge on any atom is -0.350 e. The number of nitrogens with zero attached hydrogens (tertiary/aromatic N) is 2. The van der Waals surface area contributed by atoms with E-state index in [1.54, 1.807) is 6.07 Å². The Morgan fingerprint density at radius 2 is 1.88 bits per heavy atom. The molecule has 3 aromatic rings. The lowest BCUT2D eigenvalue weighted by Gasteiger charge is -2.25. The second kappa shape index (κ2) is 6.55. The maximum Gasteiger partial charge on any atom is 0.292 e. The number of hydrogen-bond acceptors (Lipinski definition) is 3. The first-order valence-corrected chi connectivity index (χ1v) is 8.62. The highest BCUT2D eigenvalue weighted by Gasteiger charge is 2.33. The van der Waals surface area contributed by atoms with E-state index in [1.807, 2.05) is 47.4 Å². The van der Waals surface area contributed by atoms with Gasteiger partial charge in [-0.1, -0.05) is 59.8 Å². The van der Waals surface area contributed by atoms with Crippen LogP contribution in [-0.2, 0) is 0 Å². The molecule has 0 radical (unpaired) electrons. The first-order chi connectivity index (χ1) is 12.2. The molecule has 1 fully saturated rings. The van der Waals surface area contributed by atoms with Crippen LogP contribution in [-0.4, -0.2) is 22.5 Å². The summed E-state index contributed by atoms with van der Waals surface area (Å²) in [4.78, 5) is 14.9. The number of carbonyl (C=O) groups is 1. The van der Waals surface area contributed by atoms with E-state index >= 15 is 0 Å². The van der Waals surface area contributed by atoms with Crippen LogP contribution in [0.3, 0.4) is 0 Å². The van der Waals surface area contributed by atoms with Gasteiger partial charge in [-0.15, -0.1) is 0 Å². The number of hydrogen-bond donors (Lipinski definition) is 0. The van der Waals surface area contributed by atoms with E-state index in [4.69, 9.17) is 4.52 Å². The highest BCUT2D eigenvalue weighted by molar-refractivity contribution is 5.93. The van der Waals surface area contributed by atoms with E-state index < -0.39 is 0 Å². The van der Waals surface area contributed by atoms with Gasteiger partial charge in [0.1, 0.15) is 5.69 Å². The van der Waals surface area contributed by atoms with Gasteiger partial charge in [-0.25, -0.2) is 0 Å². The molecule has 126 valence electrons. The van der Waals surface area contributed by atoms with Crippen molar-refractivity contribution in [3.63, 3.8) is 0 Å². The summed E-state index contributed by atoms with van der Waals surface area (Å²) in [7, 11) is 0. The fraction of sp³-hybridized carbons (Fsp3) is 0.238. The summed E-state index contributed by atoms with van der Waals surface area (Å²) < 4.78 is 5.37. The number of aromatic nitrogens is 1. The molecule has 4 rings (SSSR count).